The van der Waals surface area contributed by atoms with Crippen molar-refractivity contribution in [3.63, 3.8) is 0 Å². The van der Waals surface area contributed by atoms with Gasteiger partial charge in [-0.3, -0.25) is 9.63 Å². The normalized spacial score (nSPS) is 10.6. The van der Waals surface area contributed by atoms with Crippen molar-refractivity contribution in [3.05, 3.63) is 29.5 Å². The van der Waals surface area contributed by atoms with E-state index in [0.29, 0.717) is 12.2 Å². The predicted octanol–water partition coefficient (Wildman–Crippen LogP) is 2.43. The zero-order chi connectivity index (χ0) is 13.1. The van der Waals surface area contributed by atoms with Gasteiger partial charge in [0.25, 0.3) is 0 Å². The molecular weight excluding hydrogens is 234 g/mol. The van der Waals surface area contributed by atoms with E-state index in [-0.39, 0.29) is 11.7 Å². The lowest BCUT2D eigenvalue weighted by molar-refractivity contribution is 0.0341. The van der Waals surface area contributed by atoms with E-state index in [1.54, 1.807) is 26.2 Å². The van der Waals surface area contributed by atoms with Gasteiger partial charge in [-0.1, -0.05) is 0 Å². The molecule has 0 aliphatic rings. The zero-order valence-electron chi connectivity index (χ0n) is 10.6. The molecule has 96 valence electrons. The van der Waals surface area contributed by atoms with Crippen molar-refractivity contribution in [1.82, 2.24) is 5.48 Å². The van der Waals surface area contributed by atoms with Gasteiger partial charge in [-0.15, -0.1) is 0 Å². The largest absolute Gasteiger partial charge is 0.497 e. The number of benzene rings is 1. The van der Waals surface area contributed by atoms with Crippen LogP contribution in [0.1, 0.15) is 23.0 Å². The zero-order valence-corrected chi connectivity index (χ0v) is 10.6. The lowest BCUT2D eigenvalue weighted by atomic mass is 10.1. The third-order valence-electron chi connectivity index (χ3n) is 2.66. The van der Waals surface area contributed by atoms with Gasteiger partial charge in [0.15, 0.2) is 5.76 Å². The second-order valence-electron chi connectivity index (χ2n) is 3.78. The Kier molecular flexibility index (Phi) is 3.53. The lowest BCUT2D eigenvalue weighted by Gasteiger charge is -2.01. The number of methoxy groups -OCH3 is 1. The third kappa shape index (κ3) is 2.17. The average Bonchev–Trinajstić information content (AvgIpc) is 2.73. The molecule has 1 N–H and O–H groups in total. The Morgan fingerprint density at radius 2 is 2.22 bits per heavy atom. The van der Waals surface area contributed by atoms with Crippen molar-refractivity contribution in [3.8, 4) is 5.75 Å². The van der Waals surface area contributed by atoms with Crippen molar-refractivity contribution in [2.75, 3.05) is 13.7 Å². The number of hydroxylamine groups is 1. The van der Waals surface area contributed by atoms with E-state index in [0.717, 1.165) is 16.7 Å². The van der Waals surface area contributed by atoms with Gasteiger partial charge in [0, 0.05) is 10.9 Å². The van der Waals surface area contributed by atoms with Crippen LogP contribution < -0.4 is 10.2 Å². The van der Waals surface area contributed by atoms with Crippen LogP contribution in [0.15, 0.2) is 22.6 Å². The molecule has 1 amide bonds. The minimum atomic E-state index is -0.385. The summed E-state index contributed by atoms with van der Waals surface area (Å²) in [6.45, 7) is 4.02. The number of hydrogen-bond donors (Lipinski definition) is 1. The first-order valence-electron chi connectivity index (χ1n) is 5.66. The van der Waals surface area contributed by atoms with Crippen LogP contribution >= 0.6 is 0 Å². The van der Waals surface area contributed by atoms with E-state index in [1.807, 2.05) is 13.0 Å². The van der Waals surface area contributed by atoms with Crippen LogP contribution in [0.5, 0.6) is 5.75 Å². The fourth-order valence-corrected chi connectivity index (χ4v) is 1.73. The highest BCUT2D eigenvalue weighted by Gasteiger charge is 2.17. The van der Waals surface area contributed by atoms with Crippen LogP contribution in [0.4, 0.5) is 0 Å². The number of carbonyl (C=O) groups is 1. The summed E-state index contributed by atoms with van der Waals surface area (Å²) >= 11 is 0. The fraction of sp³-hybridized carbons (Fsp3) is 0.308. The van der Waals surface area contributed by atoms with Gasteiger partial charge in [-0.05, 0) is 32.0 Å². The summed E-state index contributed by atoms with van der Waals surface area (Å²) in [6, 6.07) is 5.40. The summed E-state index contributed by atoms with van der Waals surface area (Å²) in [7, 11) is 1.60. The molecule has 5 heteroatoms. The van der Waals surface area contributed by atoms with Gasteiger partial charge in [-0.2, -0.15) is 0 Å². The van der Waals surface area contributed by atoms with Gasteiger partial charge in [-0.25, -0.2) is 5.48 Å². The molecule has 0 saturated heterocycles. The molecule has 0 aliphatic heterocycles. The molecule has 0 saturated carbocycles. The number of ether oxygens (including phenoxy) is 1. The van der Waals surface area contributed by atoms with Gasteiger partial charge < -0.3 is 9.15 Å². The van der Waals surface area contributed by atoms with E-state index < -0.39 is 0 Å². The highest BCUT2D eigenvalue weighted by molar-refractivity contribution is 5.98. The summed E-state index contributed by atoms with van der Waals surface area (Å²) < 4.78 is 10.7. The molecule has 2 aromatic rings. The maximum atomic E-state index is 11.8. The molecule has 0 unspecified atom stereocenters. The molecule has 1 heterocycles. The topological polar surface area (TPSA) is 60.7 Å². The molecule has 0 bridgehead atoms. The number of rotatable bonds is 4. The summed E-state index contributed by atoms with van der Waals surface area (Å²) in [4.78, 5) is 16.6. The van der Waals surface area contributed by atoms with Crippen molar-refractivity contribution in [2.45, 2.75) is 13.8 Å². The van der Waals surface area contributed by atoms with Crippen LogP contribution in [0.3, 0.4) is 0 Å². The van der Waals surface area contributed by atoms with Crippen LogP contribution in [-0.4, -0.2) is 19.6 Å². The average molecular weight is 249 g/mol. The first-order valence-corrected chi connectivity index (χ1v) is 5.66. The van der Waals surface area contributed by atoms with Crippen molar-refractivity contribution < 1.29 is 18.8 Å². The molecule has 0 spiro atoms. The summed E-state index contributed by atoms with van der Waals surface area (Å²) in [6.07, 6.45) is 0. The molecule has 0 aliphatic carbocycles. The second kappa shape index (κ2) is 5.10. The van der Waals surface area contributed by atoms with Crippen LogP contribution in [-0.2, 0) is 4.84 Å². The Bertz CT molecular complexity index is 574. The number of nitrogens with one attached hydrogen (secondary N) is 1. The molecule has 2 rings (SSSR count). The van der Waals surface area contributed by atoms with Crippen LogP contribution in [0, 0.1) is 6.92 Å². The lowest BCUT2D eigenvalue weighted by Crippen LogP contribution is -2.23. The minimum absolute atomic E-state index is 0.256. The number of aryl methyl sites for hydroxylation is 1. The van der Waals surface area contributed by atoms with Gasteiger partial charge in [0.2, 0.25) is 0 Å². The minimum Gasteiger partial charge on any atom is -0.497 e. The monoisotopic (exact) mass is 249 g/mol. The maximum absolute atomic E-state index is 11.8. The van der Waals surface area contributed by atoms with E-state index in [1.165, 1.54) is 0 Å². The van der Waals surface area contributed by atoms with Gasteiger partial charge in [0.1, 0.15) is 11.3 Å². The standard InChI is InChI=1S/C13H15NO4/c1-4-17-14-13(15)12-8(2)10-7-9(16-3)5-6-11(10)18-12/h5-7H,4H2,1-3H3,(H,14,15). The Balaban J connectivity index is 2.41. The fourth-order valence-electron chi connectivity index (χ4n) is 1.73. The number of amides is 1. The quantitative estimate of drug-likeness (QED) is 0.845. The number of furan rings is 1. The van der Waals surface area contributed by atoms with E-state index in [4.69, 9.17) is 14.0 Å². The third-order valence-corrected chi connectivity index (χ3v) is 2.66. The first kappa shape index (κ1) is 12.4. The number of carbonyl (C=O) groups excluding carboxylic acids is 1. The molecule has 0 radical (unpaired) electrons. The first-order chi connectivity index (χ1) is 8.67. The summed E-state index contributed by atoms with van der Waals surface area (Å²) in [5, 5.41) is 0.857. The van der Waals surface area contributed by atoms with Crippen LogP contribution in [0.25, 0.3) is 11.0 Å². The van der Waals surface area contributed by atoms with E-state index >= 15 is 0 Å². The van der Waals surface area contributed by atoms with Gasteiger partial charge >= 0.3 is 5.91 Å². The number of fused-ring (bicyclic) bond motifs is 1. The van der Waals surface area contributed by atoms with Crippen LogP contribution in [0.2, 0.25) is 0 Å². The number of hydrogen-bond acceptors (Lipinski definition) is 4. The Morgan fingerprint density at radius 3 is 2.89 bits per heavy atom. The van der Waals surface area contributed by atoms with Crippen molar-refractivity contribution in [2.24, 2.45) is 0 Å². The predicted molar refractivity (Wildman–Crippen MR) is 66.6 cm³/mol. The Labute approximate surface area is 105 Å². The molecule has 1 aromatic heterocycles. The maximum Gasteiger partial charge on any atom is 0.310 e. The molecular formula is C13H15NO4. The molecule has 5 nitrogen and oxygen atoms in total. The molecule has 1 aromatic carbocycles. The summed E-state index contributed by atoms with van der Waals surface area (Å²) in [5.41, 5.74) is 3.73. The highest BCUT2D eigenvalue weighted by atomic mass is 16.7. The molecule has 0 fully saturated rings. The van der Waals surface area contributed by atoms with E-state index in [9.17, 15) is 4.79 Å². The van der Waals surface area contributed by atoms with Crippen molar-refractivity contribution in [1.29, 1.82) is 0 Å². The molecule has 0 atom stereocenters. The highest BCUT2D eigenvalue weighted by Crippen LogP contribution is 2.28. The van der Waals surface area contributed by atoms with Crippen molar-refractivity contribution >= 4 is 16.9 Å². The Morgan fingerprint density at radius 1 is 1.44 bits per heavy atom. The SMILES string of the molecule is CCONC(=O)c1oc2ccc(OC)cc2c1C. The molecule has 18 heavy (non-hydrogen) atoms. The smallest absolute Gasteiger partial charge is 0.310 e. The summed E-state index contributed by atoms with van der Waals surface area (Å²) in [5.74, 6) is 0.597. The van der Waals surface area contributed by atoms with E-state index in [2.05, 4.69) is 5.48 Å². The Hall–Kier alpha value is -2.01. The van der Waals surface area contributed by atoms with Gasteiger partial charge in [0.05, 0.1) is 13.7 Å². The second-order valence-corrected chi connectivity index (χ2v) is 3.78.